The van der Waals surface area contributed by atoms with E-state index >= 15 is 0 Å². The molecular formula is C15H22N2OS. The number of nitrogens with two attached hydrogens (primary N) is 1. The van der Waals surface area contributed by atoms with E-state index in [0.29, 0.717) is 12.5 Å². The average Bonchev–Trinajstić information content (AvgIpc) is 2.84. The quantitative estimate of drug-likeness (QED) is 0.855. The highest BCUT2D eigenvalue weighted by Gasteiger charge is 2.16. The molecule has 2 N–H and O–H groups in total. The molecule has 19 heavy (non-hydrogen) atoms. The minimum absolute atomic E-state index is 0.421. The van der Waals surface area contributed by atoms with Crippen LogP contribution in [0, 0.1) is 17.8 Å². The molecule has 0 radical (unpaired) electrons. The Labute approximate surface area is 119 Å². The minimum Gasteiger partial charge on any atom is -0.381 e. The lowest BCUT2D eigenvalue weighted by atomic mass is 10.0. The highest BCUT2D eigenvalue weighted by atomic mass is 32.1. The normalized spacial score (nSPS) is 19.2. The summed E-state index contributed by atoms with van der Waals surface area (Å²) in [5, 5.41) is 2.10. The van der Waals surface area contributed by atoms with Crippen LogP contribution in [0.4, 0.5) is 0 Å². The molecule has 2 heterocycles. The molecule has 1 atom stereocenters. The SMILES string of the molecule is CN(Cc1sccc1C#CCN)CC1CCCOC1. The van der Waals surface area contributed by atoms with Crippen LogP contribution < -0.4 is 5.73 Å². The minimum atomic E-state index is 0.421. The van der Waals surface area contributed by atoms with Crippen LogP contribution in [0.15, 0.2) is 11.4 Å². The number of thiophene rings is 1. The predicted molar refractivity (Wildman–Crippen MR) is 80.1 cm³/mol. The monoisotopic (exact) mass is 278 g/mol. The van der Waals surface area contributed by atoms with Gasteiger partial charge in [-0.2, -0.15) is 0 Å². The van der Waals surface area contributed by atoms with E-state index in [1.807, 2.05) is 0 Å². The predicted octanol–water partition coefficient (Wildman–Crippen LogP) is 1.92. The molecule has 1 aliphatic heterocycles. The lowest BCUT2D eigenvalue weighted by molar-refractivity contribution is 0.0412. The summed E-state index contributed by atoms with van der Waals surface area (Å²) in [6, 6.07) is 2.08. The summed E-state index contributed by atoms with van der Waals surface area (Å²) in [5.41, 5.74) is 6.55. The van der Waals surface area contributed by atoms with Crippen LogP contribution in [0.1, 0.15) is 23.3 Å². The van der Waals surface area contributed by atoms with Crippen LogP contribution in [-0.4, -0.2) is 38.3 Å². The van der Waals surface area contributed by atoms with E-state index < -0.39 is 0 Å². The van der Waals surface area contributed by atoms with Gasteiger partial charge in [0.2, 0.25) is 0 Å². The van der Waals surface area contributed by atoms with Gasteiger partial charge in [-0.25, -0.2) is 0 Å². The van der Waals surface area contributed by atoms with Crippen molar-refractivity contribution in [3.8, 4) is 11.8 Å². The Bertz CT molecular complexity index is 440. The van der Waals surface area contributed by atoms with Gasteiger partial charge in [0.05, 0.1) is 13.2 Å². The van der Waals surface area contributed by atoms with E-state index in [4.69, 9.17) is 10.5 Å². The van der Waals surface area contributed by atoms with E-state index in [2.05, 4.69) is 35.2 Å². The Kier molecular flexibility index (Phi) is 5.87. The van der Waals surface area contributed by atoms with Crippen molar-refractivity contribution < 1.29 is 4.74 Å². The maximum atomic E-state index is 5.53. The number of hydrogen-bond acceptors (Lipinski definition) is 4. The van der Waals surface area contributed by atoms with Gasteiger partial charge in [0.15, 0.2) is 0 Å². The van der Waals surface area contributed by atoms with Crippen LogP contribution in [0.3, 0.4) is 0 Å². The van der Waals surface area contributed by atoms with Gasteiger partial charge in [-0.15, -0.1) is 11.3 Å². The highest BCUT2D eigenvalue weighted by Crippen LogP contribution is 2.20. The van der Waals surface area contributed by atoms with E-state index in [1.165, 1.54) is 17.7 Å². The fraction of sp³-hybridized carbons (Fsp3) is 0.600. The molecule has 1 aromatic heterocycles. The van der Waals surface area contributed by atoms with Crippen molar-refractivity contribution in [3.63, 3.8) is 0 Å². The number of nitrogens with zero attached hydrogens (tertiary/aromatic N) is 1. The fourth-order valence-electron chi connectivity index (χ4n) is 2.42. The molecule has 0 saturated carbocycles. The van der Waals surface area contributed by atoms with Gasteiger partial charge in [-0.1, -0.05) is 11.8 Å². The summed E-state index contributed by atoms with van der Waals surface area (Å²) >= 11 is 1.77. The van der Waals surface area contributed by atoms with Crippen LogP contribution in [0.5, 0.6) is 0 Å². The zero-order valence-corrected chi connectivity index (χ0v) is 12.3. The summed E-state index contributed by atoms with van der Waals surface area (Å²) in [7, 11) is 2.18. The Morgan fingerprint density at radius 2 is 2.47 bits per heavy atom. The number of hydrogen-bond donors (Lipinski definition) is 1. The molecule has 0 amide bonds. The van der Waals surface area contributed by atoms with Crippen LogP contribution in [0.2, 0.25) is 0 Å². The van der Waals surface area contributed by atoms with Gasteiger partial charge in [0, 0.05) is 30.1 Å². The summed E-state index contributed by atoms with van der Waals surface area (Å²) < 4.78 is 5.53. The lowest BCUT2D eigenvalue weighted by Gasteiger charge is -2.26. The van der Waals surface area contributed by atoms with E-state index in [1.54, 1.807) is 11.3 Å². The smallest absolute Gasteiger partial charge is 0.0555 e. The zero-order valence-electron chi connectivity index (χ0n) is 11.5. The fourth-order valence-corrected chi connectivity index (χ4v) is 3.33. The summed E-state index contributed by atoms with van der Waals surface area (Å²) in [6.45, 7) is 4.33. The first-order valence-corrected chi connectivity index (χ1v) is 7.69. The Balaban J connectivity index is 1.87. The number of rotatable bonds is 4. The molecule has 0 aliphatic carbocycles. The van der Waals surface area contributed by atoms with E-state index in [-0.39, 0.29) is 0 Å². The van der Waals surface area contributed by atoms with Crippen LogP contribution in [-0.2, 0) is 11.3 Å². The Morgan fingerprint density at radius 1 is 1.58 bits per heavy atom. The molecular weight excluding hydrogens is 256 g/mol. The molecule has 0 spiro atoms. The van der Waals surface area contributed by atoms with Crippen LogP contribution in [0.25, 0.3) is 0 Å². The average molecular weight is 278 g/mol. The molecule has 4 heteroatoms. The third-order valence-corrected chi connectivity index (χ3v) is 4.21. The van der Waals surface area contributed by atoms with Crippen molar-refractivity contribution in [3.05, 3.63) is 21.9 Å². The molecule has 2 rings (SSSR count). The Morgan fingerprint density at radius 3 is 3.21 bits per heavy atom. The van der Waals surface area contributed by atoms with Gasteiger partial charge in [-0.05, 0) is 37.3 Å². The molecule has 0 bridgehead atoms. The molecule has 104 valence electrons. The third-order valence-electron chi connectivity index (χ3n) is 3.31. The van der Waals surface area contributed by atoms with Crippen molar-refractivity contribution in [1.82, 2.24) is 4.90 Å². The van der Waals surface area contributed by atoms with Gasteiger partial charge in [0.25, 0.3) is 0 Å². The number of ether oxygens (including phenoxy) is 1. The maximum Gasteiger partial charge on any atom is 0.0555 e. The second-order valence-corrected chi connectivity index (χ2v) is 6.04. The van der Waals surface area contributed by atoms with Crippen molar-refractivity contribution in [2.75, 3.05) is 33.4 Å². The van der Waals surface area contributed by atoms with E-state index in [9.17, 15) is 0 Å². The third kappa shape index (κ3) is 4.63. The first-order valence-electron chi connectivity index (χ1n) is 6.81. The molecule has 1 aliphatic rings. The second kappa shape index (κ2) is 7.66. The van der Waals surface area contributed by atoms with Crippen molar-refractivity contribution in [1.29, 1.82) is 0 Å². The second-order valence-electron chi connectivity index (χ2n) is 5.04. The Hall–Kier alpha value is -0.860. The summed E-state index contributed by atoms with van der Waals surface area (Å²) in [4.78, 5) is 3.71. The molecule has 3 nitrogen and oxygen atoms in total. The van der Waals surface area contributed by atoms with Crippen LogP contribution >= 0.6 is 11.3 Å². The van der Waals surface area contributed by atoms with Crippen molar-refractivity contribution in [2.45, 2.75) is 19.4 Å². The molecule has 1 aromatic rings. The van der Waals surface area contributed by atoms with Gasteiger partial charge >= 0.3 is 0 Å². The zero-order chi connectivity index (χ0) is 13.5. The topological polar surface area (TPSA) is 38.5 Å². The highest BCUT2D eigenvalue weighted by molar-refractivity contribution is 7.10. The molecule has 1 fully saturated rings. The first kappa shape index (κ1) is 14.5. The lowest BCUT2D eigenvalue weighted by Crippen LogP contribution is -2.30. The standard InChI is InChI=1S/C15H22N2OS/c1-17(10-13-4-3-8-18-12-13)11-15-14(5-2-7-16)6-9-19-15/h6,9,13H,3-4,7-8,10-12,16H2,1H3. The largest absolute Gasteiger partial charge is 0.381 e. The van der Waals surface area contributed by atoms with Gasteiger partial charge < -0.3 is 15.4 Å². The summed E-state index contributed by atoms with van der Waals surface area (Å²) in [6.07, 6.45) is 2.49. The molecule has 0 aromatic carbocycles. The van der Waals surface area contributed by atoms with Crippen molar-refractivity contribution in [2.24, 2.45) is 11.7 Å². The first-order chi connectivity index (χ1) is 9.29. The van der Waals surface area contributed by atoms with Gasteiger partial charge in [0.1, 0.15) is 0 Å². The maximum absolute atomic E-state index is 5.53. The molecule has 1 unspecified atom stereocenters. The van der Waals surface area contributed by atoms with Crippen molar-refractivity contribution >= 4 is 11.3 Å². The van der Waals surface area contributed by atoms with Gasteiger partial charge in [-0.3, -0.25) is 0 Å². The molecule has 1 saturated heterocycles. The van der Waals surface area contributed by atoms with E-state index in [0.717, 1.165) is 31.9 Å². The summed E-state index contributed by atoms with van der Waals surface area (Å²) in [5.74, 6) is 6.76.